The van der Waals surface area contributed by atoms with Gasteiger partial charge in [0.2, 0.25) is 5.91 Å². The molecule has 2 aromatic carbocycles. The number of amides is 1. The standard InChI is InChI=1S/C18H21NO4S/c1-11-6-7-13(3)18(14(11)4)23-24(21,22)16-9-8-12(2)17(10-16)19-15(5)20/h6-10H,1-5H3,(H,19,20). The van der Waals surface area contributed by atoms with Crippen LogP contribution < -0.4 is 9.50 Å². The highest BCUT2D eigenvalue weighted by Gasteiger charge is 2.21. The number of anilines is 1. The maximum atomic E-state index is 12.6. The largest absolute Gasteiger partial charge is 0.378 e. The number of aryl methyl sites for hydroxylation is 3. The molecule has 5 nitrogen and oxygen atoms in total. The van der Waals surface area contributed by atoms with Crippen LogP contribution in [0.5, 0.6) is 5.75 Å². The summed E-state index contributed by atoms with van der Waals surface area (Å²) in [7, 11) is -4.00. The van der Waals surface area contributed by atoms with Gasteiger partial charge in [-0.2, -0.15) is 8.42 Å². The van der Waals surface area contributed by atoms with Crippen LogP contribution in [0, 0.1) is 27.7 Å². The molecular weight excluding hydrogens is 326 g/mol. The zero-order valence-electron chi connectivity index (χ0n) is 14.4. The van der Waals surface area contributed by atoms with Gasteiger partial charge in [-0.05, 0) is 62.1 Å². The van der Waals surface area contributed by atoms with Crippen molar-refractivity contribution in [3.63, 3.8) is 0 Å². The second-order valence-corrected chi connectivity index (χ2v) is 7.40. The smallest absolute Gasteiger partial charge is 0.339 e. The van der Waals surface area contributed by atoms with Gasteiger partial charge < -0.3 is 9.50 Å². The number of rotatable bonds is 4. The monoisotopic (exact) mass is 347 g/mol. The third-order valence-electron chi connectivity index (χ3n) is 3.88. The highest BCUT2D eigenvalue weighted by Crippen LogP contribution is 2.30. The van der Waals surface area contributed by atoms with Crippen LogP contribution in [0.15, 0.2) is 35.2 Å². The third-order valence-corrected chi connectivity index (χ3v) is 5.09. The number of hydrogen-bond donors (Lipinski definition) is 1. The SMILES string of the molecule is CC(=O)Nc1cc(S(=O)(=O)Oc2c(C)ccc(C)c2C)ccc1C. The predicted octanol–water partition coefficient (Wildman–Crippen LogP) is 3.65. The summed E-state index contributed by atoms with van der Waals surface area (Å²) in [4.78, 5) is 11.2. The van der Waals surface area contributed by atoms with Crippen LogP contribution in [0.25, 0.3) is 0 Å². The Hall–Kier alpha value is -2.34. The van der Waals surface area contributed by atoms with Crippen molar-refractivity contribution in [2.24, 2.45) is 0 Å². The minimum atomic E-state index is -4.00. The van der Waals surface area contributed by atoms with E-state index >= 15 is 0 Å². The molecule has 0 saturated carbocycles. The van der Waals surface area contributed by atoms with Crippen LogP contribution in [-0.2, 0) is 14.9 Å². The van der Waals surface area contributed by atoms with Crippen LogP contribution in [0.1, 0.15) is 29.2 Å². The molecule has 0 heterocycles. The number of benzene rings is 2. The highest BCUT2D eigenvalue weighted by atomic mass is 32.2. The van der Waals surface area contributed by atoms with E-state index in [1.165, 1.54) is 19.1 Å². The van der Waals surface area contributed by atoms with E-state index in [2.05, 4.69) is 5.32 Å². The fourth-order valence-electron chi connectivity index (χ4n) is 2.29. The molecule has 0 atom stereocenters. The Morgan fingerprint density at radius 2 is 1.54 bits per heavy atom. The van der Waals surface area contributed by atoms with Crippen molar-refractivity contribution in [3.05, 3.63) is 52.6 Å². The van der Waals surface area contributed by atoms with Gasteiger partial charge in [0.15, 0.2) is 0 Å². The van der Waals surface area contributed by atoms with Crippen molar-refractivity contribution in [2.45, 2.75) is 39.5 Å². The molecule has 2 rings (SSSR count). The van der Waals surface area contributed by atoms with Gasteiger partial charge >= 0.3 is 10.1 Å². The van der Waals surface area contributed by atoms with Crippen molar-refractivity contribution >= 4 is 21.7 Å². The summed E-state index contributed by atoms with van der Waals surface area (Å²) in [6.07, 6.45) is 0. The fourth-order valence-corrected chi connectivity index (χ4v) is 3.36. The molecule has 0 aliphatic rings. The Kier molecular flexibility index (Phi) is 4.99. The second-order valence-electron chi connectivity index (χ2n) is 5.85. The van der Waals surface area contributed by atoms with Crippen LogP contribution >= 0.6 is 0 Å². The van der Waals surface area contributed by atoms with Crippen LogP contribution in [0.3, 0.4) is 0 Å². The van der Waals surface area contributed by atoms with Crippen molar-refractivity contribution in [3.8, 4) is 5.75 Å². The first-order chi connectivity index (χ1) is 11.1. The summed E-state index contributed by atoms with van der Waals surface area (Å²) in [5, 5.41) is 2.62. The van der Waals surface area contributed by atoms with E-state index in [-0.39, 0.29) is 10.8 Å². The van der Waals surface area contributed by atoms with Crippen molar-refractivity contribution in [1.82, 2.24) is 0 Å². The molecule has 0 radical (unpaired) electrons. The minimum Gasteiger partial charge on any atom is -0.378 e. The Balaban J connectivity index is 2.45. The molecule has 0 bridgehead atoms. The topological polar surface area (TPSA) is 72.5 Å². The molecule has 128 valence electrons. The van der Waals surface area contributed by atoms with Gasteiger partial charge in [0.05, 0.1) is 0 Å². The van der Waals surface area contributed by atoms with E-state index in [0.29, 0.717) is 11.4 Å². The van der Waals surface area contributed by atoms with Gasteiger partial charge in [-0.15, -0.1) is 0 Å². The Morgan fingerprint density at radius 1 is 0.958 bits per heavy atom. The van der Waals surface area contributed by atoms with Gasteiger partial charge in [-0.1, -0.05) is 18.2 Å². The molecule has 0 fully saturated rings. The lowest BCUT2D eigenvalue weighted by Crippen LogP contribution is -2.13. The Morgan fingerprint density at radius 3 is 2.17 bits per heavy atom. The average molecular weight is 347 g/mol. The molecule has 0 aliphatic heterocycles. The van der Waals surface area contributed by atoms with Gasteiger partial charge in [0, 0.05) is 12.6 Å². The third kappa shape index (κ3) is 3.76. The van der Waals surface area contributed by atoms with E-state index in [9.17, 15) is 13.2 Å². The average Bonchev–Trinajstić information content (AvgIpc) is 2.49. The molecule has 24 heavy (non-hydrogen) atoms. The summed E-state index contributed by atoms with van der Waals surface area (Å²) < 4.78 is 30.7. The van der Waals surface area contributed by atoms with E-state index in [4.69, 9.17) is 4.18 Å². The molecule has 0 saturated heterocycles. The lowest BCUT2D eigenvalue weighted by Gasteiger charge is -2.15. The lowest BCUT2D eigenvalue weighted by molar-refractivity contribution is -0.114. The zero-order chi connectivity index (χ0) is 18.1. The predicted molar refractivity (Wildman–Crippen MR) is 93.9 cm³/mol. The second kappa shape index (κ2) is 6.65. The van der Waals surface area contributed by atoms with Crippen molar-refractivity contribution in [2.75, 3.05) is 5.32 Å². The molecule has 6 heteroatoms. The Bertz CT molecular complexity index is 901. The quantitative estimate of drug-likeness (QED) is 0.857. The van der Waals surface area contributed by atoms with Gasteiger partial charge in [-0.25, -0.2) is 0 Å². The van der Waals surface area contributed by atoms with Crippen LogP contribution in [0.2, 0.25) is 0 Å². The number of hydrogen-bond acceptors (Lipinski definition) is 4. The van der Waals surface area contributed by atoms with Gasteiger partial charge in [0.1, 0.15) is 10.6 Å². The zero-order valence-corrected chi connectivity index (χ0v) is 15.2. The highest BCUT2D eigenvalue weighted by molar-refractivity contribution is 7.87. The fraction of sp³-hybridized carbons (Fsp3) is 0.278. The molecule has 1 amide bonds. The van der Waals surface area contributed by atoms with E-state index < -0.39 is 10.1 Å². The summed E-state index contributed by atoms with van der Waals surface area (Å²) in [5.41, 5.74) is 3.70. The van der Waals surface area contributed by atoms with Crippen LogP contribution in [-0.4, -0.2) is 14.3 Å². The molecule has 1 N–H and O–H groups in total. The first-order valence-corrected chi connectivity index (χ1v) is 8.92. The van der Waals surface area contributed by atoms with E-state index in [0.717, 1.165) is 22.3 Å². The molecule has 0 spiro atoms. The summed E-state index contributed by atoms with van der Waals surface area (Å²) in [5.74, 6) is 0.0793. The summed E-state index contributed by atoms with van der Waals surface area (Å²) in [6.45, 7) is 8.68. The van der Waals surface area contributed by atoms with Crippen molar-refractivity contribution in [1.29, 1.82) is 0 Å². The Labute approximate surface area is 142 Å². The molecule has 0 aliphatic carbocycles. The first-order valence-electron chi connectivity index (χ1n) is 7.51. The summed E-state index contributed by atoms with van der Waals surface area (Å²) in [6, 6.07) is 8.26. The molecular formula is C18H21NO4S. The number of nitrogens with one attached hydrogen (secondary N) is 1. The summed E-state index contributed by atoms with van der Waals surface area (Å²) >= 11 is 0. The number of carbonyl (C=O) groups is 1. The number of carbonyl (C=O) groups excluding carboxylic acids is 1. The maximum absolute atomic E-state index is 12.6. The molecule has 0 aromatic heterocycles. The van der Waals surface area contributed by atoms with E-state index in [1.54, 1.807) is 19.9 Å². The maximum Gasteiger partial charge on any atom is 0.339 e. The van der Waals surface area contributed by atoms with Crippen molar-refractivity contribution < 1.29 is 17.4 Å². The molecule has 2 aromatic rings. The van der Waals surface area contributed by atoms with E-state index in [1.807, 2.05) is 26.0 Å². The lowest BCUT2D eigenvalue weighted by atomic mass is 10.1. The normalized spacial score (nSPS) is 11.2. The van der Waals surface area contributed by atoms with Gasteiger partial charge in [0.25, 0.3) is 0 Å². The minimum absolute atomic E-state index is 0.00263. The molecule has 0 unspecified atom stereocenters. The van der Waals surface area contributed by atoms with Gasteiger partial charge in [-0.3, -0.25) is 4.79 Å². The van der Waals surface area contributed by atoms with Crippen LogP contribution in [0.4, 0.5) is 5.69 Å². The first kappa shape index (κ1) is 18.0.